The minimum Gasteiger partial charge on any atom is -0.374 e. The van der Waals surface area contributed by atoms with Gasteiger partial charge in [0.1, 0.15) is 6.10 Å². The fourth-order valence-electron chi connectivity index (χ4n) is 1.44. The summed E-state index contributed by atoms with van der Waals surface area (Å²) in [7, 11) is 0. The van der Waals surface area contributed by atoms with Gasteiger partial charge in [-0.15, -0.1) is 6.42 Å². The zero-order valence-electron chi connectivity index (χ0n) is 8.77. The van der Waals surface area contributed by atoms with Crippen LogP contribution in [0.5, 0.6) is 0 Å². The molecule has 0 spiro atoms. The van der Waals surface area contributed by atoms with Crippen molar-refractivity contribution in [3.05, 3.63) is 35.9 Å². The van der Waals surface area contributed by atoms with Gasteiger partial charge in [0.2, 0.25) is 0 Å². The maximum Gasteiger partial charge on any atom is 0.154 e. The van der Waals surface area contributed by atoms with Crippen LogP contribution in [0, 0.1) is 12.3 Å². The first-order valence-electron chi connectivity index (χ1n) is 5.02. The average molecular weight is 202 g/mol. The van der Waals surface area contributed by atoms with Crippen molar-refractivity contribution < 1.29 is 9.47 Å². The molecule has 0 saturated carbocycles. The minimum atomic E-state index is -0.392. The average Bonchev–Trinajstić information content (AvgIpc) is 2.92. The molecule has 1 aromatic rings. The van der Waals surface area contributed by atoms with Crippen LogP contribution in [0.25, 0.3) is 0 Å². The third-order valence-corrected chi connectivity index (χ3v) is 2.61. The van der Waals surface area contributed by atoms with E-state index in [1.54, 1.807) is 0 Å². The molecule has 1 aliphatic heterocycles. The van der Waals surface area contributed by atoms with Crippen LogP contribution >= 0.6 is 0 Å². The smallest absolute Gasteiger partial charge is 0.154 e. The second kappa shape index (κ2) is 4.06. The molecule has 15 heavy (non-hydrogen) atoms. The number of rotatable bonds is 4. The molecule has 2 nitrogen and oxygen atoms in total. The van der Waals surface area contributed by atoms with E-state index >= 15 is 0 Å². The normalized spacial score (nSPS) is 28.4. The first-order chi connectivity index (χ1) is 7.24. The van der Waals surface area contributed by atoms with Crippen LogP contribution in [-0.4, -0.2) is 18.3 Å². The monoisotopic (exact) mass is 202 g/mol. The molecule has 0 radical (unpaired) electrons. The Morgan fingerprint density at radius 2 is 2.20 bits per heavy atom. The molecule has 1 fully saturated rings. The van der Waals surface area contributed by atoms with E-state index in [9.17, 15) is 0 Å². The maximum atomic E-state index is 5.52. The second-order valence-electron chi connectivity index (χ2n) is 3.86. The van der Waals surface area contributed by atoms with Crippen molar-refractivity contribution in [3.8, 4) is 12.3 Å². The van der Waals surface area contributed by atoms with Crippen LogP contribution in [0.15, 0.2) is 30.3 Å². The zero-order chi connectivity index (χ0) is 10.7. The van der Waals surface area contributed by atoms with E-state index in [-0.39, 0.29) is 6.10 Å². The topological polar surface area (TPSA) is 21.8 Å². The highest BCUT2D eigenvalue weighted by atomic mass is 16.6. The Balaban J connectivity index is 1.72. The molecule has 78 valence electrons. The summed E-state index contributed by atoms with van der Waals surface area (Å²) in [5, 5.41) is 0. The van der Waals surface area contributed by atoms with E-state index in [4.69, 9.17) is 15.9 Å². The van der Waals surface area contributed by atoms with Gasteiger partial charge in [0, 0.05) is 0 Å². The lowest BCUT2D eigenvalue weighted by molar-refractivity contribution is 0.104. The predicted octanol–water partition coefficient (Wildman–Crippen LogP) is 1.99. The lowest BCUT2D eigenvalue weighted by Crippen LogP contribution is -2.11. The van der Waals surface area contributed by atoms with Gasteiger partial charge < -0.3 is 9.47 Å². The summed E-state index contributed by atoms with van der Waals surface area (Å²) >= 11 is 0. The Morgan fingerprint density at radius 3 is 2.80 bits per heavy atom. The van der Waals surface area contributed by atoms with Gasteiger partial charge in [-0.05, 0) is 12.5 Å². The molecular weight excluding hydrogens is 188 g/mol. The number of epoxide rings is 1. The van der Waals surface area contributed by atoms with Crippen molar-refractivity contribution in [2.24, 2.45) is 0 Å². The summed E-state index contributed by atoms with van der Waals surface area (Å²) in [6.07, 6.45) is 5.37. The summed E-state index contributed by atoms with van der Waals surface area (Å²) in [5.41, 5.74) is 0.775. The van der Waals surface area contributed by atoms with Crippen LogP contribution < -0.4 is 0 Å². The molecule has 0 aromatic heterocycles. The van der Waals surface area contributed by atoms with E-state index in [1.807, 2.05) is 37.3 Å². The number of terminal acetylenes is 1. The summed E-state index contributed by atoms with van der Waals surface area (Å²) in [4.78, 5) is 0. The third kappa shape index (κ3) is 2.38. The van der Waals surface area contributed by atoms with Gasteiger partial charge in [0.05, 0.1) is 13.2 Å². The SMILES string of the molecule is C#C[C@]1(C)O[C@H]1COCc1ccccc1. The maximum absolute atomic E-state index is 5.52. The van der Waals surface area contributed by atoms with Gasteiger partial charge >= 0.3 is 0 Å². The summed E-state index contributed by atoms with van der Waals surface area (Å²) in [6, 6.07) is 10.1. The molecule has 1 aromatic carbocycles. The summed E-state index contributed by atoms with van der Waals surface area (Å²) < 4.78 is 10.9. The molecule has 0 N–H and O–H groups in total. The Bertz CT molecular complexity index is 366. The van der Waals surface area contributed by atoms with Crippen LogP contribution in [-0.2, 0) is 16.1 Å². The molecule has 2 atom stereocenters. The molecule has 0 aliphatic carbocycles. The Hall–Kier alpha value is -1.30. The molecule has 0 amide bonds. The first kappa shape index (κ1) is 10.2. The summed E-state index contributed by atoms with van der Waals surface area (Å²) in [6.45, 7) is 3.08. The summed E-state index contributed by atoms with van der Waals surface area (Å²) in [5.74, 6) is 2.61. The lowest BCUT2D eigenvalue weighted by atomic mass is 10.1. The van der Waals surface area contributed by atoms with Crippen molar-refractivity contribution >= 4 is 0 Å². The highest BCUT2D eigenvalue weighted by molar-refractivity contribution is 5.20. The van der Waals surface area contributed by atoms with Crippen LogP contribution in [0.2, 0.25) is 0 Å². The van der Waals surface area contributed by atoms with E-state index in [0.717, 1.165) is 0 Å². The standard InChI is InChI=1S/C13H14O2/c1-3-13(2)12(15-13)10-14-9-11-7-5-4-6-8-11/h1,4-8,12H,9-10H2,2H3/t12-,13-/m0/s1. The van der Waals surface area contributed by atoms with Gasteiger partial charge in [0.25, 0.3) is 0 Å². The van der Waals surface area contributed by atoms with Crippen molar-refractivity contribution in [1.29, 1.82) is 0 Å². The van der Waals surface area contributed by atoms with Crippen LogP contribution in [0.4, 0.5) is 0 Å². The molecule has 0 unspecified atom stereocenters. The quantitative estimate of drug-likeness (QED) is 0.550. The van der Waals surface area contributed by atoms with Crippen molar-refractivity contribution in [1.82, 2.24) is 0 Å². The first-order valence-corrected chi connectivity index (χ1v) is 5.02. The number of hydrogen-bond acceptors (Lipinski definition) is 2. The van der Waals surface area contributed by atoms with Gasteiger partial charge in [-0.25, -0.2) is 0 Å². The lowest BCUT2D eigenvalue weighted by Gasteiger charge is -2.02. The molecule has 1 aliphatic rings. The van der Waals surface area contributed by atoms with Crippen molar-refractivity contribution in [2.75, 3.05) is 6.61 Å². The molecule has 1 saturated heterocycles. The fourth-order valence-corrected chi connectivity index (χ4v) is 1.44. The second-order valence-corrected chi connectivity index (χ2v) is 3.86. The van der Waals surface area contributed by atoms with E-state index < -0.39 is 5.60 Å². The Kier molecular flexibility index (Phi) is 2.77. The highest BCUT2D eigenvalue weighted by Gasteiger charge is 2.51. The highest BCUT2D eigenvalue weighted by Crippen LogP contribution is 2.35. The van der Waals surface area contributed by atoms with Gasteiger partial charge in [-0.1, -0.05) is 36.3 Å². The third-order valence-electron chi connectivity index (χ3n) is 2.61. The van der Waals surface area contributed by atoms with Crippen LogP contribution in [0.1, 0.15) is 12.5 Å². The Labute approximate surface area is 90.2 Å². The fraction of sp³-hybridized carbons (Fsp3) is 0.385. The van der Waals surface area contributed by atoms with E-state index in [2.05, 4.69) is 5.92 Å². The number of benzene rings is 1. The van der Waals surface area contributed by atoms with Crippen LogP contribution in [0.3, 0.4) is 0 Å². The zero-order valence-corrected chi connectivity index (χ0v) is 8.77. The molecular formula is C13H14O2. The van der Waals surface area contributed by atoms with Crippen molar-refractivity contribution in [3.63, 3.8) is 0 Å². The number of ether oxygens (including phenoxy) is 2. The van der Waals surface area contributed by atoms with E-state index in [1.165, 1.54) is 5.56 Å². The van der Waals surface area contributed by atoms with Gasteiger partial charge in [0.15, 0.2) is 5.60 Å². The molecule has 0 bridgehead atoms. The largest absolute Gasteiger partial charge is 0.374 e. The minimum absolute atomic E-state index is 0.0613. The van der Waals surface area contributed by atoms with Gasteiger partial charge in [-0.2, -0.15) is 0 Å². The van der Waals surface area contributed by atoms with Crippen molar-refractivity contribution in [2.45, 2.75) is 25.2 Å². The molecule has 1 heterocycles. The van der Waals surface area contributed by atoms with E-state index in [0.29, 0.717) is 13.2 Å². The number of hydrogen-bond donors (Lipinski definition) is 0. The molecule has 2 rings (SSSR count). The molecule has 2 heteroatoms. The predicted molar refractivity (Wildman–Crippen MR) is 58.2 cm³/mol. The van der Waals surface area contributed by atoms with Gasteiger partial charge in [-0.3, -0.25) is 0 Å². The Morgan fingerprint density at radius 1 is 1.47 bits per heavy atom.